The van der Waals surface area contributed by atoms with Gasteiger partial charge in [-0.25, -0.2) is 8.42 Å². The molecule has 0 aliphatic carbocycles. The fourth-order valence-corrected chi connectivity index (χ4v) is 2.25. The molecule has 5 nitrogen and oxygen atoms in total. The lowest BCUT2D eigenvalue weighted by Crippen LogP contribution is -2.32. The molecule has 0 radical (unpaired) electrons. The third-order valence-electron chi connectivity index (χ3n) is 2.18. The molecule has 0 spiro atoms. The highest BCUT2D eigenvalue weighted by atomic mass is 32.2. The lowest BCUT2D eigenvalue weighted by atomic mass is 10.3. The highest BCUT2D eigenvalue weighted by molar-refractivity contribution is 7.92. The number of alkyl halides is 2. The van der Waals surface area contributed by atoms with Crippen LogP contribution in [0.1, 0.15) is 6.92 Å². The van der Waals surface area contributed by atoms with E-state index in [9.17, 15) is 17.2 Å². The van der Waals surface area contributed by atoms with Crippen LogP contribution in [0.3, 0.4) is 0 Å². The van der Waals surface area contributed by atoms with E-state index in [1.165, 1.54) is 19.1 Å². The number of halogens is 2. The highest BCUT2D eigenvalue weighted by Crippen LogP contribution is 2.30. The number of ether oxygens (including phenoxy) is 1. The first-order valence-corrected chi connectivity index (χ1v) is 6.83. The molecule has 8 heteroatoms. The lowest BCUT2D eigenvalue weighted by molar-refractivity contribution is 0.0262. The van der Waals surface area contributed by atoms with Gasteiger partial charge >= 0.3 is 5.25 Å². The molecule has 2 N–H and O–H groups in total. The second kappa shape index (κ2) is 5.81. The molecule has 0 amide bonds. The predicted octanol–water partition coefficient (Wildman–Crippen LogP) is 0.805. The minimum absolute atomic E-state index is 0.0377. The smallest absolute Gasteiger partial charge is 0.372 e. The van der Waals surface area contributed by atoms with Crippen LogP contribution in [0.25, 0.3) is 0 Å². The standard InChI is InChI=1S/C11H14F2O5S/c1-8(15)6-18-9-3-2-4-10(5-9)19(16,17)11(12,13)7-14/h2-5,8,14-15H,6-7H2,1H3/t8-/m0/s1. The largest absolute Gasteiger partial charge is 0.491 e. The van der Waals surface area contributed by atoms with Gasteiger partial charge < -0.3 is 14.9 Å². The number of benzene rings is 1. The molecule has 0 aliphatic rings. The van der Waals surface area contributed by atoms with Gasteiger partial charge in [0, 0.05) is 0 Å². The Kier molecular flexibility index (Phi) is 4.83. The first kappa shape index (κ1) is 15.8. The number of rotatable bonds is 6. The van der Waals surface area contributed by atoms with Gasteiger partial charge in [-0.1, -0.05) is 6.07 Å². The van der Waals surface area contributed by atoms with Crippen molar-refractivity contribution in [1.82, 2.24) is 0 Å². The molecule has 1 aromatic carbocycles. The van der Waals surface area contributed by atoms with Gasteiger partial charge in [0.15, 0.2) is 0 Å². The van der Waals surface area contributed by atoms with Gasteiger partial charge in [-0.15, -0.1) is 0 Å². The summed E-state index contributed by atoms with van der Waals surface area (Å²) >= 11 is 0. The average Bonchev–Trinajstić information content (AvgIpc) is 2.36. The first-order chi connectivity index (χ1) is 8.70. The molecule has 0 aliphatic heterocycles. The van der Waals surface area contributed by atoms with E-state index in [1.807, 2.05) is 0 Å². The molecule has 0 unspecified atom stereocenters. The number of hydrogen-bond donors (Lipinski definition) is 2. The summed E-state index contributed by atoms with van der Waals surface area (Å²) < 4.78 is 54.4. The molecule has 1 aromatic rings. The van der Waals surface area contributed by atoms with Crippen LogP contribution >= 0.6 is 0 Å². The molecule has 0 saturated carbocycles. The second-order valence-electron chi connectivity index (χ2n) is 3.93. The third kappa shape index (κ3) is 3.62. The number of aliphatic hydroxyl groups is 2. The molecule has 0 aromatic heterocycles. The van der Waals surface area contributed by atoms with Crippen LogP contribution < -0.4 is 4.74 Å². The SMILES string of the molecule is C[C@H](O)COc1cccc(S(=O)(=O)C(F)(F)CO)c1. The Labute approximate surface area is 109 Å². The Morgan fingerprint density at radius 1 is 1.42 bits per heavy atom. The molecular weight excluding hydrogens is 282 g/mol. The van der Waals surface area contributed by atoms with Crippen molar-refractivity contribution in [3.05, 3.63) is 24.3 Å². The van der Waals surface area contributed by atoms with Crippen molar-refractivity contribution in [2.24, 2.45) is 0 Å². The fourth-order valence-electron chi connectivity index (χ4n) is 1.21. The van der Waals surface area contributed by atoms with Crippen molar-refractivity contribution in [2.75, 3.05) is 13.2 Å². The molecular formula is C11H14F2O5S. The zero-order valence-electron chi connectivity index (χ0n) is 10.1. The molecule has 0 saturated heterocycles. The summed E-state index contributed by atoms with van der Waals surface area (Å²) in [4.78, 5) is -0.658. The highest BCUT2D eigenvalue weighted by Gasteiger charge is 2.45. The minimum Gasteiger partial charge on any atom is -0.491 e. The number of sulfone groups is 1. The molecule has 0 bridgehead atoms. The van der Waals surface area contributed by atoms with E-state index in [0.717, 1.165) is 12.1 Å². The second-order valence-corrected chi connectivity index (χ2v) is 6.01. The van der Waals surface area contributed by atoms with Gasteiger partial charge in [0.05, 0.1) is 11.0 Å². The summed E-state index contributed by atoms with van der Waals surface area (Å²) in [5, 5.41) is 13.2. The number of aliphatic hydroxyl groups excluding tert-OH is 2. The molecule has 108 valence electrons. The van der Waals surface area contributed by atoms with Crippen molar-refractivity contribution in [3.63, 3.8) is 0 Å². The van der Waals surface area contributed by atoms with E-state index < -0.39 is 32.7 Å². The maximum atomic E-state index is 13.1. The molecule has 19 heavy (non-hydrogen) atoms. The van der Waals surface area contributed by atoms with Gasteiger partial charge in [-0.05, 0) is 25.1 Å². The summed E-state index contributed by atoms with van der Waals surface area (Å²) in [7, 11) is -4.98. The van der Waals surface area contributed by atoms with Gasteiger partial charge in [0.2, 0.25) is 9.84 Å². The van der Waals surface area contributed by atoms with Crippen molar-refractivity contribution in [1.29, 1.82) is 0 Å². The van der Waals surface area contributed by atoms with Crippen molar-refractivity contribution in [3.8, 4) is 5.75 Å². The van der Waals surface area contributed by atoms with Gasteiger partial charge in [0.25, 0.3) is 0 Å². The zero-order valence-corrected chi connectivity index (χ0v) is 10.9. The maximum Gasteiger partial charge on any atom is 0.372 e. The first-order valence-electron chi connectivity index (χ1n) is 5.35. The lowest BCUT2D eigenvalue weighted by Gasteiger charge is -2.15. The van der Waals surface area contributed by atoms with Crippen LogP contribution in [0.2, 0.25) is 0 Å². The normalized spacial score (nSPS) is 14.2. The Balaban J connectivity index is 3.06. The number of hydrogen-bond acceptors (Lipinski definition) is 5. The van der Waals surface area contributed by atoms with E-state index in [4.69, 9.17) is 14.9 Å². The topological polar surface area (TPSA) is 83.8 Å². The van der Waals surface area contributed by atoms with E-state index in [-0.39, 0.29) is 12.4 Å². The Hall–Kier alpha value is -1.25. The average molecular weight is 296 g/mol. The summed E-state index contributed by atoms with van der Waals surface area (Å²) in [6, 6.07) is 4.51. The van der Waals surface area contributed by atoms with Gasteiger partial charge in [0.1, 0.15) is 19.0 Å². The van der Waals surface area contributed by atoms with Crippen molar-refractivity contribution < 1.29 is 32.1 Å². The summed E-state index contributed by atoms with van der Waals surface area (Å²) in [5.41, 5.74) is 0. The van der Waals surface area contributed by atoms with Crippen molar-refractivity contribution >= 4 is 9.84 Å². The van der Waals surface area contributed by atoms with Crippen LogP contribution in [0.15, 0.2) is 29.2 Å². The minimum atomic E-state index is -4.98. The van der Waals surface area contributed by atoms with Gasteiger partial charge in [-0.3, -0.25) is 0 Å². The molecule has 0 heterocycles. The molecule has 0 fully saturated rings. The van der Waals surface area contributed by atoms with Crippen LogP contribution in [0.5, 0.6) is 5.75 Å². The van der Waals surface area contributed by atoms with E-state index in [2.05, 4.69) is 0 Å². The summed E-state index contributed by atoms with van der Waals surface area (Å²) in [5.74, 6) is 0.0377. The van der Waals surface area contributed by atoms with Crippen LogP contribution in [-0.4, -0.2) is 43.2 Å². The maximum absolute atomic E-state index is 13.1. The quantitative estimate of drug-likeness (QED) is 0.811. The monoisotopic (exact) mass is 296 g/mol. The van der Waals surface area contributed by atoms with E-state index >= 15 is 0 Å². The van der Waals surface area contributed by atoms with Crippen LogP contribution in [-0.2, 0) is 9.84 Å². The van der Waals surface area contributed by atoms with Crippen molar-refractivity contribution in [2.45, 2.75) is 23.2 Å². The molecule has 1 rings (SSSR count). The fraction of sp³-hybridized carbons (Fsp3) is 0.455. The Morgan fingerprint density at radius 3 is 2.58 bits per heavy atom. The van der Waals surface area contributed by atoms with E-state index in [1.54, 1.807) is 0 Å². The van der Waals surface area contributed by atoms with Crippen LogP contribution in [0.4, 0.5) is 8.78 Å². The molecule has 1 atom stereocenters. The zero-order chi connectivity index (χ0) is 14.7. The Bertz CT molecular complexity index is 528. The predicted molar refractivity (Wildman–Crippen MR) is 62.8 cm³/mol. The third-order valence-corrected chi connectivity index (χ3v) is 3.97. The van der Waals surface area contributed by atoms with Crippen LogP contribution in [0, 0.1) is 0 Å². The summed E-state index contributed by atoms with van der Waals surface area (Å²) in [6.45, 7) is -0.436. The Morgan fingerprint density at radius 2 is 2.05 bits per heavy atom. The van der Waals surface area contributed by atoms with E-state index in [0.29, 0.717) is 0 Å². The van der Waals surface area contributed by atoms with Gasteiger partial charge in [-0.2, -0.15) is 8.78 Å². The summed E-state index contributed by atoms with van der Waals surface area (Å²) in [6.07, 6.45) is -0.779.